The first-order chi connectivity index (χ1) is 7.70. The number of hydrogen-bond acceptors (Lipinski definition) is 5. The van der Waals surface area contributed by atoms with Gasteiger partial charge in [-0.15, -0.1) is 11.3 Å². The Morgan fingerprint density at radius 2 is 2.31 bits per heavy atom. The molecule has 0 aliphatic heterocycles. The summed E-state index contributed by atoms with van der Waals surface area (Å²) < 4.78 is 6.13. The lowest BCUT2D eigenvalue weighted by atomic mass is 10.2. The number of nitrogens with zero attached hydrogens (tertiary/aromatic N) is 1. The lowest BCUT2D eigenvalue weighted by molar-refractivity contribution is -0.307. The Kier molecular flexibility index (Phi) is 3.17. The summed E-state index contributed by atoms with van der Waals surface area (Å²) in [6.07, 6.45) is -0.696. The molecule has 1 atom stereocenters. The molecule has 0 fully saturated rings. The molecule has 0 aliphatic rings. The molecule has 84 valence electrons. The van der Waals surface area contributed by atoms with Crippen molar-refractivity contribution in [1.82, 2.24) is 4.98 Å². The summed E-state index contributed by atoms with van der Waals surface area (Å²) in [4.78, 5) is 14.9. The summed E-state index contributed by atoms with van der Waals surface area (Å²) in [5.41, 5.74) is 0.864. The van der Waals surface area contributed by atoms with Gasteiger partial charge in [0.15, 0.2) is 0 Å². The summed E-state index contributed by atoms with van der Waals surface area (Å²) in [6, 6.07) is 7.65. The van der Waals surface area contributed by atoms with Crippen LogP contribution in [0.3, 0.4) is 0 Å². The van der Waals surface area contributed by atoms with Crippen LogP contribution in [0.5, 0.6) is 0 Å². The highest BCUT2D eigenvalue weighted by molar-refractivity contribution is 7.18. The zero-order chi connectivity index (χ0) is 11.5. The van der Waals surface area contributed by atoms with Crippen LogP contribution in [0.1, 0.15) is 17.5 Å². The summed E-state index contributed by atoms with van der Waals surface area (Å²) in [6.45, 7) is 0. The molecule has 2 rings (SSSR count). The van der Waals surface area contributed by atoms with Gasteiger partial charge in [0.25, 0.3) is 0 Å². The van der Waals surface area contributed by atoms with Gasteiger partial charge in [0.1, 0.15) is 11.1 Å². The third kappa shape index (κ3) is 2.20. The van der Waals surface area contributed by atoms with Crippen LogP contribution in [0, 0.1) is 0 Å². The van der Waals surface area contributed by atoms with Crippen LogP contribution >= 0.6 is 11.3 Å². The predicted octanol–water partition coefficient (Wildman–Crippen LogP) is 1.12. The van der Waals surface area contributed by atoms with E-state index in [1.165, 1.54) is 18.4 Å². The maximum Gasteiger partial charge on any atom is 0.123 e. The fraction of sp³-hybridized carbons (Fsp3) is 0.273. The van der Waals surface area contributed by atoms with Gasteiger partial charge in [0.05, 0.1) is 10.2 Å². The van der Waals surface area contributed by atoms with Gasteiger partial charge in [0.2, 0.25) is 0 Å². The Morgan fingerprint density at radius 1 is 1.56 bits per heavy atom. The van der Waals surface area contributed by atoms with E-state index < -0.39 is 12.1 Å². The van der Waals surface area contributed by atoms with Crippen molar-refractivity contribution in [3.8, 4) is 0 Å². The first-order valence-electron chi connectivity index (χ1n) is 4.79. The number of rotatable bonds is 4. The second kappa shape index (κ2) is 4.59. The number of benzene rings is 1. The van der Waals surface area contributed by atoms with Crippen LogP contribution < -0.4 is 5.11 Å². The zero-order valence-electron chi connectivity index (χ0n) is 8.67. The fourth-order valence-electron chi connectivity index (χ4n) is 1.45. The molecule has 1 unspecified atom stereocenters. The predicted molar refractivity (Wildman–Crippen MR) is 59.0 cm³/mol. The summed E-state index contributed by atoms with van der Waals surface area (Å²) in [7, 11) is 1.47. The molecule has 16 heavy (non-hydrogen) atoms. The van der Waals surface area contributed by atoms with Crippen LogP contribution in [0.2, 0.25) is 0 Å². The minimum atomic E-state index is -1.13. The number of aromatic nitrogens is 1. The van der Waals surface area contributed by atoms with Gasteiger partial charge >= 0.3 is 0 Å². The Hall–Kier alpha value is -1.46. The van der Waals surface area contributed by atoms with Crippen LogP contribution in [0.25, 0.3) is 10.2 Å². The molecule has 1 aromatic carbocycles. The number of para-hydroxylation sites is 1. The number of carbonyl (C=O) groups is 1. The molecule has 0 bridgehead atoms. The van der Waals surface area contributed by atoms with Gasteiger partial charge in [-0.3, -0.25) is 0 Å². The zero-order valence-corrected chi connectivity index (χ0v) is 9.49. The van der Waals surface area contributed by atoms with E-state index in [2.05, 4.69) is 4.98 Å². The van der Waals surface area contributed by atoms with Crippen LogP contribution in [-0.2, 0) is 9.53 Å². The maximum atomic E-state index is 10.5. The Bertz CT molecular complexity index is 476. The van der Waals surface area contributed by atoms with Gasteiger partial charge in [-0.25, -0.2) is 4.98 Å². The first kappa shape index (κ1) is 11.0. The van der Waals surface area contributed by atoms with E-state index in [0.29, 0.717) is 5.01 Å². The van der Waals surface area contributed by atoms with Crippen LogP contribution in [0.4, 0.5) is 0 Å². The summed E-state index contributed by atoms with van der Waals surface area (Å²) >= 11 is 1.44. The van der Waals surface area contributed by atoms with E-state index in [-0.39, 0.29) is 6.42 Å². The molecule has 4 nitrogen and oxygen atoms in total. The highest BCUT2D eigenvalue weighted by Crippen LogP contribution is 2.29. The molecule has 0 spiro atoms. The molecular formula is C11H10NO3S-. The van der Waals surface area contributed by atoms with E-state index in [1.54, 1.807) is 0 Å². The van der Waals surface area contributed by atoms with E-state index in [0.717, 1.165) is 10.2 Å². The Labute approximate surface area is 96.5 Å². The smallest absolute Gasteiger partial charge is 0.123 e. The van der Waals surface area contributed by atoms with Crippen molar-refractivity contribution in [1.29, 1.82) is 0 Å². The number of carbonyl (C=O) groups excluding carboxylic acids is 1. The van der Waals surface area contributed by atoms with E-state index >= 15 is 0 Å². The number of fused-ring (bicyclic) bond motifs is 1. The van der Waals surface area contributed by atoms with E-state index in [4.69, 9.17) is 4.74 Å². The van der Waals surface area contributed by atoms with Crippen molar-refractivity contribution in [2.45, 2.75) is 12.5 Å². The van der Waals surface area contributed by atoms with Gasteiger partial charge in [-0.2, -0.15) is 0 Å². The number of carboxylic acids is 1. The van der Waals surface area contributed by atoms with Gasteiger partial charge < -0.3 is 14.6 Å². The van der Waals surface area contributed by atoms with Crippen molar-refractivity contribution in [2.24, 2.45) is 0 Å². The van der Waals surface area contributed by atoms with E-state index in [1.807, 2.05) is 24.3 Å². The molecule has 0 saturated carbocycles. The number of carboxylic acid groups (broad SMARTS) is 1. The molecule has 0 aliphatic carbocycles. The highest BCUT2D eigenvalue weighted by Gasteiger charge is 2.15. The van der Waals surface area contributed by atoms with E-state index in [9.17, 15) is 9.90 Å². The maximum absolute atomic E-state index is 10.5. The molecule has 1 aromatic heterocycles. The molecule has 0 saturated heterocycles. The molecular weight excluding hydrogens is 226 g/mol. The molecule has 2 aromatic rings. The standard InChI is InChI=1S/C11H11NO3S/c1-15-8(6-10(13)14)11-12-7-4-2-3-5-9(7)16-11/h2-5,8H,6H2,1H3,(H,13,14)/p-1. The van der Waals surface area contributed by atoms with Crippen LogP contribution in [-0.4, -0.2) is 18.1 Å². The fourth-order valence-corrected chi connectivity index (χ4v) is 2.50. The number of aliphatic carboxylic acids is 1. The lowest BCUT2D eigenvalue weighted by Crippen LogP contribution is -2.25. The normalized spacial score (nSPS) is 12.8. The molecule has 0 N–H and O–H groups in total. The SMILES string of the molecule is COC(CC(=O)[O-])c1nc2ccccc2s1. The summed E-state index contributed by atoms with van der Waals surface area (Å²) in [5.74, 6) is -1.13. The molecule has 0 radical (unpaired) electrons. The van der Waals surface area contributed by atoms with Crippen molar-refractivity contribution >= 4 is 27.5 Å². The third-order valence-electron chi connectivity index (χ3n) is 2.22. The second-order valence-electron chi connectivity index (χ2n) is 3.32. The lowest BCUT2D eigenvalue weighted by Gasteiger charge is -2.12. The minimum Gasteiger partial charge on any atom is -0.550 e. The first-order valence-corrected chi connectivity index (χ1v) is 5.60. The number of thiazole rings is 1. The van der Waals surface area contributed by atoms with Crippen LogP contribution in [0.15, 0.2) is 24.3 Å². The van der Waals surface area contributed by atoms with Gasteiger partial charge in [-0.05, 0) is 12.1 Å². The molecule has 5 heteroatoms. The Morgan fingerprint density at radius 3 is 2.94 bits per heavy atom. The van der Waals surface area contributed by atoms with Gasteiger partial charge in [0, 0.05) is 19.5 Å². The average Bonchev–Trinajstić information content (AvgIpc) is 2.68. The van der Waals surface area contributed by atoms with Crippen molar-refractivity contribution < 1.29 is 14.6 Å². The largest absolute Gasteiger partial charge is 0.550 e. The van der Waals surface area contributed by atoms with Gasteiger partial charge in [-0.1, -0.05) is 12.1 Å². The monoisotopic (exact) mass is 236 g/mol. The summed E-state index contributed by atoms with van der Waals surface area (Å²) in [5, 5.41) is 11.2. The number of hydrogen-bond donors (Lipinski definition) is 0. The van der Waals surface area contributed by atoms with Crippen molar-refractivity contribution in [2.75, 3.05) is 7.11 Å². The van der Waals surface area contributed by atoms with Crippen molar-refractivity contribution in [3.05, 3.63) is 29.3 Å². The quantitative estimate of drug-likeness (QED) is 0.798. The molecule has 0 amide bonds. The molecule has 1 heterocycles. The average molecular weight is 236 g/mol. The highest BCUT2D eigenvalue weighted by atomic mass is 32.1. The minimum absolute atomic E-state index is 0.170. The van der Waals surface area contributed by atoms with Crippen molar-refractivity contribution in [3.63, 3.8) is 0 Å². The third-order valence-corrected chi connectivity index (χ3v) is 3.35. The number of methoxy groups -OCH3 is 1. The topological polar surface area (TPSA) is 62.2 Å². The second-order valence-corrected chi connectivity index (χ2v) is 4.38. The number of ether oxygens (including phenoxy) is 1. The Balaban J connectivity index is 2.34.